The van der Waals surface area contributed by atoms with Crippen LogP contribution in [-0.4, -0.2) is 47.3 Å². The molecule has 1 unspecified atom stereocenters. The standard InChI is InChI=1S/C4H9FO.2C3H8O/c1-4(3-5)6-2;2*1-3-4-2/h4H,3H2,1-2H3;2*3H2,1-2H3. The van der Waals surface area contributed by atoms with E-state index in [0.717, 1.165) is 13.2 Å². The van der Waals surface area contributed by atoms with Crippen molar-refractivity contribution in [3.8, 4) is 0 Å². The van der Waals surface area contributed by atoms with Gasteiger partial charge in [-0.15, -0.1) is 0 Å². The molecule has 0 saturated heterocycles. The molecule has 90 valence electrons. The molecule has 0 aliphatic rings. The molecule has 4 heteroatoms. The Labute approximate surface area is 87.5 Å². The number of alkyl halides is 1. The molecule has 0 amide bonds. The van der Waals surface area contributed by atoms with Gasteiger partial charge in [0.25, 0.3) is 0 Å². The Morgan fingerprint density at radius 1 is 1.00 bits per heavy atom. The predicted octanol–water partition coefficient (Wildman–Crippen LogP) is 2.30. The van der Waals surface area contributed by atoms with Gasteiger partial charge in [0, 0.05) is 34.5 Å². The van der Waals surface area contributed by atoms with E-state index in [-0.39, 0.29) is 6.10 Å². The monoisotopic (exact) mass is 212 g/mol. The molecule has 0 aromatic heterocycles. The first-order valence-corrected chi connectivity index (χ1v) is 4.70. The van der Waals surface area contributed by atoms with Crippen LogP contribution >= 0.6 is 0 Å². The molecule has 0 bridgehead atoms. The zero-order chi connectivity index (χ0) is 11.8. The Balaban J connectivity index is -0.000000135. The van der Waals surface area contributed by atoms with Crippen LogP contribution in [0.1, 0.15) is 20.8 Å². The lowest BCUT2D eigenvalue weighted by Crippen LogP contribution is -2.05. The summed E-state index contributed by atoms with van der Waals surface area (Å²) in [6, 6.07) is 0. The van der Waals surface area contributed by atoms with Crippen LogP contribution < -0.4 is 0 Å². The first-order valence-electron chi connectivity index (χ1n) is 4.70. The topological polar surface area (TPSA) is 27.7 Å². The highest BCUT2D eigenvalue weighted by Crippen LogP contribution is 1.84. The third-order valence-electron chi connectivity index (χ3n) is 1.20. The van der Waals surface area contributed by atoms with Crippen molar-refractivity contribution in [2.24, 2.45) is 0 Å². The number of hydrogen-bond acceptors (Lipinski definition) is 3. The average molecular weight is 212 g/mol. The van der Waals surface area contributed by atoms with Crippen molar-refractivity contribution in [1.82, 2.24) is 0 Å². The smallest absolute Gasteiger partial charge is 0.115 e. The van der Waals surface area contributed by atoms with Crippen molar-refractivity contribution < 1.29 is 18.6 Å². The van der Waals surface area contributed by atoms with Crippen molar-refractivity contribution in [3.63, 3.8) is 0 Å². The van der Waals surface area contributed by atoms with Crippen molar-refractivity contribution in [2.45, 2.75) is 26.9 Å². The minimum Gasteiger partial charge on any atom is -0.385 e. The summed E-state index contributed by atoms with van der Waals surface area (Å²) in [6.07, 6.45) is -0.231. The predicted molar refractivity (Wildman–Crippen MR) is 57.5 cm³/mol. The average Bonchev–Trinajstić information content (AvgIpc) is 2.28. The molecule has 0 spiro atoms. The highest BCUT2D eigenvalue weighted by molar-refractivity contribution is 4.39. The van der Waals surface area contributed by atoms with Crippen LogP contribution in [0.5, 0.6) is 0 Å². The van der Waals surface area contributed by atoms with Crippen molar-refractivity contribution in [3.05, 3.63) is 0 Å². The normalized spacial score (nSPS) is 10.5. The summed E-state index contributed by atoms with van der Waals surface area (Å²) < 4.78 is 24.9. The zero-order valence-electron chi connectivity index (χ0n) is 10.3. The molecule has 0 aliphatic carbocycles. The second-order valence-corrected chi connectivity index (χ2v) is 2.36. The van der Waals surface area contributed by atoms with Crippen LogP contribution in [0.3, 0.4) is 0 Å². The van der Waals surface area contributed by atoms with E-state index in [1.54, 1.807) is 21.1 Å². The minimum atomic E-state index is -0.392. The van der Waals surface area contributed by atoms with Gasteiger partial charge in [0.15, 0.2) is 0 Å². The maximum atomic E-state index is 11.3. The van der Waals surface area contributed by atoms with Crippen molar-refractivity contribution in [1.29, 1.82) is 0 Å². The van der Waals surface area contributed by atoms with E-state index in [1.807, 2.05) is 13.8 Å². The summed E-state index contributed by atoms with van der Waals surface area (Å²) in [4.78, 5) is 0. The van der Waals surface area contributed by atoms with Crippen LogP contribution in [0.2, 0.25) is 0 Å². The van der Waals surface area contributed by atoms with Crippen LogP contribution in [0.4, 0.5) is 4.39 Å². The summed E-state index contributed by atoms with van der Waals surface area (Å²) in [5, 5.41) is 0. The van der Waals surface area contributed by atoms with E-state index in [0.29, 0.717) is 0 Å². The minimum absolute atomic E-state index is 0.231. The number of rotatable bonds is 4. The second kappa shape index (κ2) is 23.0. The lowest BCUT2D eigenvalue weighted by Gasteiger charge is -1.98. The Kier molecular flexibility index (Phi) is 31.9. The van der Waals surface area contributed by atoms with E-state index in [4.69, 9.17) is 0 Å². The first kappa shape index (κ1) is 19.4. The van der Waals surface area contributed by atoms with Crippen molar-refractivity contribution in [2.75, 3.05) is 41.2 Å². The lowest BCUT2D eigenvalue weighted by atomic mass is 10.5. The number of methoxy groups -OCH3 is 3. The van der Waals surface area contributed by atoms with Gasteiger partial charge < -0.3 is 14.2 Å². The Morgan fingerprint density at radius 2 is 1.29 bits per heavy atom. The summed E-state index contributed by atoms with van der Waals surface area (Å²) >= 11 is 0. The Morgan fingerprint density at radius 3 is 1.29 bits per heavy atom. The molecule has 0 aromatic rings. The first-order chi connectivity index (χ1) is 6.64. The second-order valence-electron chi connectivity index (χ2n) is 2.36. The van der Waals surface area contributed by atoms with Crippen molar-refractivity contribution >= 4 is 0 Å². The van der Waals surface area contributed by atoms with Gasteiger partial charge in [-0.25, -0.2) is 4.39 Å². The molecule has 0 heterocycles. The van der Waals surface area contributed by atoms with E-state index in [1.165, 1.54) is 7.11 Å². The molecule has 0 fully saturated rings. The Bertz CT molecular complexity index is 60.4. The quantitative estimate of drug-likeness (QED) is 0.715. The van der Waals surface area contributed by atoms with E-state index >= 15 is 0 Å². The van der Waals surface area contributed by atoms with Gasteiger partial charge in [-0.3, -0.25) is 0 Å². The molecule has 14 heavy (non-hydrogen) atoms. The van der Waals surface area contributed by atoms with Gasteiger partial charge in [0.05, 0.1) is 6.10 Å². The number of halogens is 1. The van der Waals surface area contributed by atoms with Crippen LogP contribution in [-0.2, 0) is 14.2 Å². The fourth-order valence-corrected chi connectivity index (χ4v) is 0.0630. The largest absolute Gasteiger partial charge is 0.385 e. The summed E-state index contributed by atoms with van der Waals surface area (Å²) in [7, 11) is 4.85. The maximum Gasteiger partial charge on any atom is 0.115 e. The summed E-state index contributed by atoms with van der Waals surface area (Å²) in [5.74, 6) is 0. The third-order valence-corrected chi connectivity index (χ3v) is 1.20. The lowest BCUT2D eigenvalue weighted by molar-refractivity contribution is 0.0942. The van der Waals surface area contributed by atoms with E-state index in [9.17, 15) is 4.39 Å². The molecule has 0 saturated carbocycles. The third kappa shape index (κ3) is 40.9. The van der Waals surface area contributed by atoms with Gasteiger partial charge >= 0.3 is 0 Å². The molecule has 1 atom stereocenters. The zero-order valence-corrected chi connectivity index (χ0v) is 10.3. The summed E-state index contributed by atoms with van der Waals surface area (Å²) in [6.45, 7) is 6.84. The molecular weight excluding hydrogens is 187 g/mol. The molecule has 0 aliphatic heterocycles. The fraction of sp³-hybridized carbons (Fsp3) is 1.00. The Hall–Kier alpha value is -0.190. The molecular formula is C10H25FO3. The van der Waals surface area contributed by atoms with Crippen LogP contribution in [0, 0.1) is 0 Å². The van der Waals surface area contributed by atoms with Gasteiger partial charge in [0.2, 0.25) is 0 Å². The fourth-order valence-electron chi connectivity index (χ4n) is 0.0630. The summed E-state index contributed by atoms with van der Waals surface area (Å²) in [5.41, 5.74) is 0. The van der Waals surface area contributed by atoms with Gasteiger partial charge in [0.1, 0.15) is 6.67 Å². The molecule has 0 rings (SSSR count). The molecule has 0 aromatic carbocycles. The van der Waals surface area contributed by atoms with Crippen LogP contribution in [0.15, 0.2) is 0 Å². The van der Waals surface area contributed by atoms with Gasteiger partial charge in [-0.05, 0) is 20.8 Å². The van der Waals surface area contributed by atoms with Gasteiger partial charge in [-0.1, -0.05) is 0 Å². The number of ether oxygens (including phenoxy) is 3. The van der Waals surface area contributed by atoms with E-state index in [2.05, 4.69) is 14.2 Å². The van der Waals surface area contributed by atoms with Crippen LogP contribution in [0.25, 0.3) is 0 Å². The highest BCUT2D eigenvalue weighted by atomic mass is 19.1. The van der Waals surface area contributed by atoms with Gasteiger partial charge in [-0.2, -0.15) is 0 Å². The molecule has 0 radical (unpaired) electrons. The van der Waals surface area contributed by atoms with E-state index < -0.39 is 6.67 Å². The molecule has 0 N–H and O–H groups in total. The highest BCUT2D eigenvalue weighted by Gasteiger charge is 1.92. The maximum absolute atomic E-state index is 11.3. The number of hydrogen-bond donors (Lipinski definition) is 0. The molecule has 3 nitrogen and oxygen atoms in total. The SMILES string of the molecule is CCOC.CCOC.COC(C)CF.